The standard InChI is InChI=1S/C45H66N2O6S/c1-30(2)33-16-21-45(46-40(50)53-27-9-8-24-47-25-28-54(51,52)29-26-47)23-22-43(6)35(38(33)45)14-15-37-42(5)19-17-34(31-10-12-32(13-11-31)39(48)49)41(3,4)36(42)18-20-44(37,43)7/h10-13,17,33,35-38H,1,8-9,14-16,18-29H2,2-7H3,(H,46,50)(H,48,49)/t33-,35+,36-,37+,38+,42-,43+,44?,45-/m0/s1. The topological polar surface area (TPSA) is 113 Å². The minimum atomic E-state index is -2.88. The second-order valence-electron chi connectivity index (χ2n) is 19.7. The van der Waals surface area contributed by atoms with E-state index < -0.39 is 15.8 Å². The largest absolute Gasteiger partial charge is 0.478 e. The molecule has 2 N–H and O–H groups in total. The summed E-state index contributed by atoms with van der Waals surface area (Å²) in [5.74, 6) is 1.97. The molecule has 0 spiro atoms. The number of nitrogens with zero attached hydrogens (tertiary/aromatic N) is 1. The predicted octanol–water partition coefficient (Wildman–Crippen LogP) is 9.02. The van der Waals surface area contributed by atoms with E-state index >= 15 is 0 Å². The Labute approximate surface area is 324 Å². The maximum atomic E-state index is 13.6. The second kappa shape index (κ2) is 14.1. The molecule has 8 nitrogen and oxygen atoms in total. The van der Waals surface area contributed by atoms with Gasteiger partial charge in [0, 0.05) is 18.6 Å². The van der Waals surface area contributed by atoms with Crippen molar-refractivity contribution in [2.45, 2.75) is 118 Å². The molecule has 5 aliphatic carbocycles. The van der Waals surface area contributed by atoms with Gasteiger partial charge in [0.05, 0.1) is 23.7 Å². The highest BCUT2D eigenvalue weighted by molar-refractivity contribution is 7.91. The highest BCUT2D eigenvalue weighted by atomic mass is 32.2. The van der Waals surface area contributed by atoms with E-state index in [4.69, 9.17) is 4.74 Å². The first kappa shape index (κ1) is 39.6. The summed E-state index contributed by atoms with van der Waals surface area (Å²) in [6.45, 7) is 21.9. The predicted molar refractivity (Wildman–Crippen MR) is 215 cm³/mol. The Morgan fingerprint density at radius 1 is 0.907 bits per heavy atom. The number of carboxylic acid groups (broad SMARTS) is 1. The van der Waals surface area contributed by atoms with Gasteiger partial charge in [0.2, 0.25) is 0 Å². The number of alkyl carbamates (subject to hydrolysis) is 1. The minimum Gasteiger partial charge on any atom is -0.478 e. The van der Waals surface area contributed by atoms with Crippen LogP contribution in [-0.4, -0.2) is 73.8 Å². The van der Waals surface area contributed by atoms with Gasteiger partial charge in [0.25, 0.3) is 0 Å². The first-order valence-electron chi connectivity index (χ1n) is 20.9. The third-order valence-electron chi connectivity index (χ3n) is 17.0. The number of unbranched alkanes of at least 4 members (excludes halogenated alkanes) is 1. The van der Waals surface area contributed by atoms with E-state index in [1.54, 1.807) is 12.1 Å². The van der Waals surface area contributed by atoms with E-state index in [2.05, 4.69) is 64.4 Å². The van der Waals surface area contributed by atoms with Crippen LogP contribution >= 0.6 is 0 Å². The first-order valence-corrected chi connectivity index (χ1v) is 22.8. The molecular formula is C45H66N2O6S. The fourth-order valence-corrected chi connectivity index (χ4v) is 15.3. The summed E-state index contributed by atoms with van der Waals surface area (Å²) in [7, 11) is -2.88. The monoisotopic (exact) mass is 762 g/mol. The Morgan fingerprint density at radius 3 is 2.28 bits per heavy atom. The summed E-state index contributed by atoms with van der Waals surface area (Å²) in [5.41, 5.74) is 4.29. The van der Waals surface area contributed by atoms with Crippen LogP contribution in [0.1, 0.15) is 128 Å². The molecule has 1 aromatic carbocycles. The molecule has 0 aromatic heterocycles. The second-order valence-corrected chi connectivity index (χ2v) is 22.0. The zero-order valence-electron chi connectivity index (χ0n) is 33.8. The van der Waals surface area contributed by atoms with Crippen LogP contribution in [0.2, 0.25) is 0 Å². The summed E-state index contributed by atoms with van der Waals surface area (Å²) < 4.78 is 29.4. The molecule has 298 valence electrons. The van der Waals surface area contributed by atoms with Crippen LogP contribution in [0.4, 0.5) is 4.79 Å². The molecule has 1 aromatic rings. The van der Waals surface area contributed by atoms with Crippen molar-refractivity contribution in [2.75, 3.05) is 37.7 Å². The normalized spacial score (nSPS) is 39.5. The zero-order valence-corrected chi connectivity index (χ0v) is 34.7. The van der Waals surface area contributed by atoms with Crippen molar-refractivity contribution in [1.29, 1.82) is 0 Å². The van der Waals surface area contributed by atoms with Crippen LogP contribution < -0.4 is 5.32 Å². The van der Waals surface area contributed by atoms with Crippen LogP contribution in [-0.2, 0) is 14.6 Å². The van der Waals surface area contributed by atoms with E-state index in [-0.39, 0.29) is 44.8 Å². The molecular weight excluding hydrogens is 697 g/mol. The lowest BCUT2D eigenvalue weighted by Gasteiger charge is -2.72. The van der Waals surface area contributed by atoms with Crippen LogP contribution in [0.15, 0.2) is 42.5 Å². The van der Waals surface area contributed by atoms with Crippen molar-refractivity contribution >= 4 is 27.5 Å². The zero-order chi connectivity index (χ0) is 38.9. The van der Waals surface area contributed by atoms with E-state index in [1.165, 1.54) is 36.8 Å². The van der Waals surface area contributed by atoms with Gasteiger partial charge in [-0.1, -0.05) is 65.0 Å². The first-order chi connectivity index (χ1) is 25.4. The Bertz CT molecular complexity index is 1770. The fourth-order valence-electron chi connectivity index (χ4n) is 14.1. The van der Waals surface area contributed by atoms with Crippen LogP contribution in [0.3, 0.4) is 0 Å². The van der Waals surface area contributed by atoms with Gasteiger partial charge in [-0.05, 0) is 159 Å². The lowest BCUT2D eigenvalue weighted by Crippen LogP contribution is -2.68. The fraction of sp³-hybridized carbons (Fsp3) is 0.733. The number of carbonyl (C=O) groups excluding carboxylic acids is 1. The number of hydrogen-bond acceptors (Lipinski definition) is 6. The number of hydrogen-bond donors (Lipinski definition) is 2. The number of carboxylic acids is 1. The highest BCUT2D eigenvalue weighted by Crippen LogP contribution is 2.76. The molecule has 0 bridgehead atoms. The number of ether oxygens (including phenoxy) is 1. The maximum absolute atomic E-state index is 13.6. The summed E-state index contributed by atoms with van der Waals surface area (Å²) in [6, 6.07) is 7.50. The summed E-state index contributed by atoms with van der Waals surface area (Å²) in [4.78, 5) is 27.3. The maximum Gasteiger partial charge on any atom is 0.407 e. The number of amides is 1. The van der Waals surface area contributed by atoms with Crippen molar-refractivity contribution in [3.63, 3.8) is 0 Å². The third-order valence-corrected chi connectivity index (χ3v) is 18.6. The molecule has 9 atom stereocenters. The molecule has 4 saturated carbocycles. The van der Waals surface area contributed by atoms with Gasteiger partial charge in [0.1, 0.15) is 0 Å². The number of nitrogens with one attached hydrogen (secondary N) is 1. The third kappa shape index (κ3) is 6.49. The molecule has 1 unspecified atom stereocenters. The summed E-state index contributed by atoms with van der Waals surface area (Å²) in [5, 5.41) is 13.0. The smallest absolute Gasteiger partial charge is 0.407 e. The number of carbonyl (C=O) groups is 2. The lowest BCUT2D eigenvalue weighted by molar-refractivity contribution is -0.218. The van der Waals surface area contributed by atoms with Gasteiger partial charge < -0.3 is 20.1 Å². The molecule has 1 amide bonds. The minimum absolute atomic E-state index is 0.0317. The van der Waals surface area contributed by atoms with Crippen LogP contribution in [0, 0.1) is 51.2 Å². The summed E-state index contributed by atoms with van der Waals surface area (Å²) >= 11 is 0. The Kier molecular flexibility index (Phi) is 10.3. The van der Waals surface area contributed by atoms with Gasteiger partial charge >= 0.3 is 12.1 Å². The number of allylic oxidation sites excluding steroid dienone is 3. The van der Waals surface area contributed by atoms with Gasteiger partial charge in [-0.2, -0.15) is 0 Å². The van der Waals surface area contributed by atoms with Crippen LogP contribution in [0.25, 0.3) is 5.57 Å². The average Bonchev–Trinajstić information content (AvgIpc) is 3.48. The van der Waals surface area contributed by atoms with Crippen molar-refractivity contribution in [3.8, 4) is 0 Å². The molecule has 0 radical (unpaired) electrons. The molecule has 1 heterocycles. The number of benzene rings is 1. The van der Waals surface area contributed by atoms with Gasteiger partial charge in [-0.25, -0.2) is 18.0 Å². The molecule has 6 aliphatic rings. The number of aromatic carboxylic acids is 1. The van der Waals surface area contributed by atoms with E-state index in [0.29, 0.717) is 54.8 Å². The molecule has 1 aliphatic heterocycles. The van der Waals surface area contributed by atoms with Gasteiger partial charge in [-0.3, -0.25) is 0 Å². The number of fused-ring (bicyclic) bond motifs is 7. The van der Waals surface area contributed by atoms with Crippen molar-refractivity contribution in [3.05, 3.63) is 53.6 Å². The molecule has 1 saturated heterocycles. The SMILES string of the molecule is C=C(C)[C@@H]1CC[C@]2(NC(=O)OCCCCN3CCS(=O)(=O)CC3)CC[C@]3(C)[C@H](CC[C@H]4C3(C)CC[C@H]3C(C)(C)C(c5ccc(C(=O)O)cc5)=CC[C@@]34C)[C@@H]12. The molecule has 5 fully saturated rings. The van der Waals surface area contributed by atoms with E-state index in [9.17, 15) is 23.1 Å². The van der Waals surface area contributed by atoms with E-state index in [0.717, 1.165) is 57.1 Å². The van der Waals surface area contributed by atoms with Gasteiger partial charge in [0.15, 0.2) is 9.84 Å². The number of sulfone groups is 1. The van der Waals surface area contributed by atoms with Gasteiger partial charge in [-0.15, -0.1) is 0 Å². The van der Waals surface area contributed by atoms with E-state index in [1.807, 2.05) is 12.1 Å². The molecule has 9 heteroatoms. The molecule has 54 heavy (non-hydrogen) atoms. The lowest BCUT2D eigenvalue weighted by atomic mass is 9.33. The highest BCUT2D eigenvalue weighted by Gasteiger charge is 2.70. The molecule has 7 rings (SSSR count). The quantitative estimate of drug-likeness (QED) is 0.191. The van der Waals surface area contributed by atoms with Crippen LogP contribution in [0.5, 0.6) is 0 Å². The van der Waals surface area contributed by atoms with Crippen molar-refractivity contribution in [2.24, 2.45) is 51.2 Å². The van der Waals surface area contributed by atoms with Crippen molar-refractivity contribution < 1.29 is 27.9 Å². The number of rotatable bonds is 9. The summed E-state index contributed by atoms with van der Waals surface area (Å²) in [6.07, 6.45) is 13.8. The Hall–Kier alpha value is -2.65. The Balaban J connectivity index is 1.06. The average molecular weight is 763 g/mol. The van der Waals surface area contributed by atoms with Crippen molar-refractivity contribution in [1.82, 2.24) is 10.2 Å². The Morgan fingerprint density at radius 2 is 1.61 bits per heavy atom.